The third-order valence-corrected chi connectivity index (χ3v) is 2.32. The van der Waals surface area contributed by atoms with Gasteiger partial charge in [0.05, 0.1) is 16.4 Å². The second-order valence-corrected chi connectivity index (χ2v) is 3.65. The van der Waals surface area contributed by atoms with E-state index < -0.39 is 0 Å². The van der Waals surface area contributed by atoms with Gasteiger partial charge in [-0.3, -0.25) is 4.79 Å². The number of aliphatic imine (C=N–C) groups is 1. The first-order valence-electron chi connectivity index (χ1n) is 4.62. The molecule has 3 nitrogen and oxygen atoms in total. The Labute approximate surface area is 126 Å². The number of phenolic OH excluding ortho intramolecular Hbond substituents is 1. The first kappa shape index (κ1) is 14.2. The molecule has 1 radical (unpaired) electrons. The van der Waals surface area contributed by atoms with Gasteiger partial charge in [-0.05, 0) is 36.4 Å². The molecule has 1 aromatic rings. The maximum atomic E-state index is 11.0. The molecule has 17 heavy (non-hydrogen) atoms. The van der Waals surface area contributed by atoms with Crippen molar-refractivity contribution < 1.29 is 9.90 Å². The molecule has 81 valence electrons. The second kappa shape index (κ2) is 6.17. The van der Waals surface area contributed by atoms with Gasteiger partial charge in [-0.2, -0.15) is 0 Å². The SMILES string of the molecule is O=C1C=CC(=Nc2ccc(O)cc2)C(Cl)=C1.[Na]. The van der Waals surface area contributed by atoms with Gasteiger partial charge in [0.1, 0.15) is 5.75 Å². The number of phenols is 1. The monoisotopic (exact) mass is 256 g/mol. The number of carbonyl (C=O) groups is 1. The Morgan fingerprint density at radius 3 is 2.35 bits per heavy atom. The summed E-state index contributed by atoms with van der Waals surface area (Å²) in [6, 6.07) is 6.40. The normalized spacial score (nSPS) is 16.6. The Hall–Kier alpha value is -0.870. The number of ketones is 1. The molecule has 0 saturated heterocycles. The van der Waals surface area contributed by atoms with Crippen molar-refractivity contribution >= 4 is 58.3 Å². The molecule has 0 fully saturated rings. The van der Waals surface area contributed by atoms with Crippen LogP contribution < -0.4 is 0 Å². The first-order valence-corrected chi connectivity index (χ1v) is 5.00. The zero-order valence-electron chi connectivity index (χ0n) is 9.22. The van der Waals surface area contributed by atoms with Crippen LogP contribution in [0.3, 0.4) is 0 Å². The van der Waals surface area contributed by atoms with Crippen molar-refractivity contribution in [2.45, 2.75) is 0 Å². The fourth-order valence-corrected chi connectivity index (χ4v) is 1.46. The fraction of sp³-hybridized carbons (Fsp3) is 0. The van der Waals surface area contributed by atoms with E-state index in [0.717, 1.165) is 0 Å². The second-order valence-electron chi connectivity index (χ2n) is 3.24. The predicted molar refractivity (Wildman–Crippen MR) is 69.0 cm³/mol. The summed E-state index contributed by atoms with van der Waals surface area (Å²) in [5.74, 6) is 0.0367. The van der Waals surface area contributed by atoms with Gasteiger partial charge < -0.3 is 5.11 Å². The van der Waals surface area contributed by atoms with E-state index in [2.05, 4.69) is 4.99 Å². The Morgan fingerprint density at radius 1 is 1.12 bits per heavy atom. The zero-order valence-corrected chi connectivity index (χ0v) is 12.0. The van der Waals surface area contributed by atoms with Crippen LogP contribution in [0.1, 0.15) is 0 Å². The molecule has 0 saturated carbocycles. The summed E-state index contributed by atoms with van der Waals surface area (Å²) in [5, 5.41) is 9.42. The van der Waals surface area contributed by atoms with Gasteiger partial charge in [0.15, 0.2) is 5.78 Å². The molecule has 1 aliphatic carbocycles. The first-order chi connectivity index (χ1) is 7.65. The van der Waals surface area contributed by atoms with E-state index in [0.29, 0.717) is 16.4 Å². The standard InChI is InChI=1S/C12H8ClNO2.Na/c13-11-7-10(16)5-6-12(11)14-8-1-3-9(15)4-2-8;/h1-7,15H;. The summed E-state index contributed by atoms with van der Waals surface area (Å²) in [7, 11) is 0. The van der Waals surface area contributed by atoms with Crippen molar-refractivity contribution in [1.82, 2.24) is 0 Å². The van der Waals surface area contributed by atoms with E-state index >= 15 is 0 Å². The van der Waals surface area contributed by atoms with Crippen LogP contribution >= 0.6 is 11.6 Å². The van der Waals surface area contributed by atoms with Crippen LogP contribution in [0.4, 0.5) is 5.69 Å². The van der Waals surface area contributed by atoms with Gasteiger partial charge in [0.25, 0.3) is 0 Å². The number of hydrogen-bond donors (Lipinski definition) is 1. The molecule has 0 amide bonds. The molecular weight excluding hydrogens is 249 g/mol. The van der Waals surface area contributed by atoms with Gasteiger partial charge in [-0.15, -0.1) is 0 Å². The summed E-state index contributed by atoms with van der Waals surface area (Å²) in [5.41, 5.74) is 1.20. The maximum Gasteiger partial charge on any atom is 0.180 e. The van der Waals surface area contributed by atoms with Crippen molar-refractivity contribution in [2.24, 2.45) is 4.99 Å². The predicted octanol–water partition coefficient (Wildman–Crippen LogP) is 2.35. The van der Waals surface area contributed by atoms with Crippen LogP contribution in [0.5, 0.6) is 5.75 Å². The average molecular weight is 257 g/mol. The van der Waals surface area contributed by atoms with Crippen LogP contribution in [-0.2, 0) is 4.79 Å². The molecule has 0 unspecified atom stereocenters. The summed E-state index contributed by atoms with van der Waals surface area (Å²) in [4.78, 5) is 15.2. The molecule has 1 aromatic carbocycles. The van der Waals surface area contributed by atoms with Crippen molar-refractivity contribution in [3.8, 4) is 5.75 Å². The zero-order chi connectivity index (χ0) is 11.5. The number of rotatable bonds is 1. The summed E-state index contributed by atoms with van der Waals surface area (Å²) in [6.45, 7) is 0. The van der Waals surface area contributed by atoms with E-state index in [9.17, 15) is 4.79 Å². The van der Waals surface area contributed by atoms with Gasteiger partial charge in [0, 0.05) is 35.6 Å². The molecule has 2 rings (SSSR count). The molecular formula is C12H8ClNNaO2. The molecule has 1 aliphatic rings. The molecule has 0 heterocycles. The van der Waals surface area contributed by atoms with Gasteiger partial charge in [0.2, 0.25) is 0 Å². The smallest absolute Gasteiger partial charge is 0.180 e. The van der Waals surface area contributed by atoms with Crippen LogP contribution in [0.2, 0.25) is 0 Å². The number of allylic oxidation sites excluding steroid dienone is 4. The number of hydrogen-bond acceptors (Lipinski definition) is 3. The number of carbonyl (C=O) groups excluding carboxylic acids is 1. The van der Waals surface area contributed by atoms with Crippen molar-refractivity contribution in [3.63, 3.8) is 0 Å². The average Bonchev–Trinajstić information content (AvgIpc) is 2.25. The largest absolute Gasteiger partial charge is 0.508 e. The van der Waals surface area contributed by atoms with E-state index in [1.165, 1.54) is 24.3 Å². The minimum atomic E-state index is -0.144. The van der Waals surface area contributed by atoms with Gasteiger partial charge >= 0.3 is 0 Å². The summed E-state index contributed by atoms with van der Waals surface area (Å²) < 4.78 is 0. The Morgan fingerprint density at radius 2 is 1.76 bits per heavy atom. The number of aromatic hydroxyl groups is 1. The quantitative estimate of drug-likeness (QED) is 0.619. The summed E-state index contributed by atoms with van der Waals surface area (Å²) >= 11 is 5.87. The minimum absolute atomic E-state index is 0. The molecule has 0 spiro atoms. The van der Waals surface area contributed by atoms with Crippen molar-refractivity contribution in [1.29, 1.82) is 0 Å². The third kappa shape index (κ3) is 3.82. The van der Waals surface area contributed by atoms with Gasteiger partial charge in [-0.1, -0.05) is 11.6 Å². The molecule has 0 aliphatic heterocycles. The Balaban J connectivity index is 0.00000144. The van der Waals surface area contributed by atoms with Crippen LogP contribution in [0.25, 0.3) is 0 Å². The molecule has 0 atom stereocenters. The van der Waals surface area contributed by atoms with E-state index in [1.54, 1.807) is 18.2 Å². The number of benzene rings is 1. The van der Waals surface area contributed by atoms with Crippen LogP contribution in [-0.4, -0.2) is 46.2 Å². The topological polar surface area (TPSA) is 49.7 Å². The minimum Gasteiger partial charge on any atom is -0.508 e. The van der Waals surface area contributed by atoms with E-state index in [4.69, 9.17) is 16.7 Å². The Bertz CT molecular complexity index is 518. The van der Waals surface area contributed by atoms with Crippen LogP contribution in [0, 0.1) is 0 Å². The molecule has 0 aromatic heterocycles. The van der Waals surface area contributed by atoms with Crippen molar-refractivity contribution in [2.75, 3.05) is 0 Å². The fourth-order valence-electron chi connectivity index (χ4n) is 1.24. The number of nitrogens with zero attached hydrogens (tertiary/aromatic N) is 1. The molecule has 5 heteroatoms. The van der Waals surface area contributed by atoms with Gasteiger partial charge in [-0.25, -0.2) is 4.99 Å². The van der Waals surface area contributed by atoms with E-state index in [1.807, 2.05) is 0 Å². The maximum absolute atomic E-state index is 11.0. The summed E-state index contributed by atoms with van der Waals surface area (Å²) in [6.07, 6.45) is 4.30. The molecule has 0 bridgehead atoms. The third-order valence-electron chi connectivity index (χ3n) is 2.02. The van der Waals surface area contributed by atoms with Crippen molar-refractivity contribution in [3.05, 3.63) is 47.5 Å². The number of halogens is 1. The Kier molecular flexibility index (Phi) is 5.15. The van der Waals surface area contributed by atoms with E-state index in [-0.39, 0.29) is 41.1 Å². The van der Waals surface area contributed by atoms with Crippen LogP contribution in [0.15, 0.2) is 52.5 Å². The molecule has 1 N–H and O–H groups in total.